The molecule has 8 bridgehead atoms. The highest BCUT2D eigenvalue weighted by Gasteiger charge is 2.26. The third-order valence-corrected chi connectivity index (χ3v) is 13.3. The average Bonchev–Trinajstić information content (AvgIpc) is 4.34. The van der Waals surface area contributed by atoms with Gasteiger partial charge >= 0.3 is 0 Å². The summed E-state index contributed by atoms with van der Waals surface area (Å²) in [6.07, 6.45) is 11.2. The topological polar surface area (TPSA) is 115 Å². The van der Waals surface area contributed by atoms with Gasteiger partial charge in [-0.25, -0.2) is 36.3 Å². The lowest BCUT2D eigenvalue weighted by Crippen LogP contribution is -2.32. The molecule has 9 aromatic rings. The predicted molar refractivity (Wildman–Crippen MR) is 286 cm³/mol. The molecular weight excluding hydrogens is 975 g/mol. The van der Waals surface area contributed by atoms with Gasteiger partial charge in [0, 0.05) is 118 Å². The molecule has 0 atom stereocenters. The Labute approximate surface area is 432 Å². The largest absolute Gasteiger partial charge is 0.354 e. The molecule has 5 aromatic heterocycles. The number of carbonyl (C=O) groups excluding carboxylic acids is 1. The van der Waals surface area contributed by atoms with Crippen LogP contribution < -0.4 is 5.32 Å². The number of hydrogen-bond acceptors (Lipinski definition) is 6. The van der Waals surface area contributed by atoms with Gasteiger partial charge in [0.05, 0.1) is 39.5 Å². The number of aromatic amines is 2. The molecule has 0 aliphatic carbocycles. The highest BCUT2D eigenvalue weighted by Crippen LogP contribution is 2.42. The summed E-state index contributed by atoms with van der Waals surface area (Å²) in [5.41, 5.74) is 2.93. The van der Waals surface area contributed by atoms with Crippen molar-refractivity contribution in [3.63, 3.8) is 0 Å². The predicted octanol–water partition coefficient (Wildman–Crippen LogP) is 14.1. The van der Waals surface area contributed by atoms with E-state index in [0.29, 0.717) is 54.8 Å². The molecule has 4 aromatic carbocycles. The Balaban J connectivity index is 1.10. The van der Waals surface area contributed by atoms with Crippen molar-refractivity contribution in [2.75, 3.05) is 25.0 Å². The Hall–Kier alpha value is -9.21. The van der Waals surface area contributed by atoms with Gasteiger partial charge in [-0.1, -0.05) is 48.5 Å². The monoisotopic (exact) mass is 1020 g/mol. The van der Waals surface area contributed by atoms with E-state index < -0.39 is 51.6 Å². The number of H-pyrrole nitrogens is 2. The van der Waals surface area contributed by atoms with Crippen LogP contribution in [0, 0.1) is 34.9 Å². The van der Waals surface area contributed by atoms with Gasteiger partial charge in [0.15, 0.2) is 0 Å². The van der Waals surface area contributed by atoms with Crippen LogP contribution in [0.1, 0.15) is 40.6 Å². The summed E-state index contributed by atoms with van der Waals surface area (Å²) in [5, 5.41) is 3.12. The summed E-state index contributed by atoms with van der Waals surface area (Å²) in [6, 6.07) is 35.2. The molecule has 0 unspecified atom stereocenters. The number of carbonyl (C=O) groups is 1. The number of nitrogens with one attached hydrogen (secondary N) is 3. The Kier molecular flexibility index (Phi) is 13.8. The molecule has 76 heavy (non-hydrogen) atoms. The summed E-state index contributed by atoms with van der Waals surface area (Å²) in [5.74, 6) is -5.78. The van der Waals surface area contributed by atoms with Crippen LogP contribution in [0.3, 0.4) is 0 Å². The number of rotatable bonds is 14. The number of anilines is 1. The van der Waals surface area contributed by atoms with Gasteiger partial charge in [-0.2, -0.15) is 0 Å². The molecule has 0 saturated heterocycles. The minimum absolute atomic E-state index is 0.00862. The molecule has 376 valence electrons. The van der Waals surface area contributed by atoms with E-state index in [0.717, 1.165) is 47.8 Å². The second kappa shape index (κ2) is 21.3. The maximum atomic E-state index is 16.2. The maximum Gasteiger partial charge on any atom is 0.225 e. The number of fused-ring (bicyclic) bond motifs is 8. The number of aromatic nitrogens is 6. The third-order valence-electron chi connectivity index (χ3n) is 13.3. The van der Waals surface area contributed by atoms with E-state index in [9.17, 15) is 4.79 Å². The lowest BCUT2D eigenvalue weighted by Gasteiger charge is -2.22. The zero-order chi connectivity index (χ0) is 52.3. The molecule has 9 nitrogen and oxygen atoms in total. The van der Waals surface area contributed by atoms with Crippen molar-refractivity contribution < 1.29 is 31.1 Å². The van der Waals surface area contributed by atoms with Gasteiger partial charge in [-0.15, -0.1) is 0 Å². The number of halogens is 6. The Morgan fingerprint density at radius 3 is 1.21 bits per heavy atom. The van der Waals surface area contributed by atoms with E-state index in [1.807, 2.05) is 36.4 Å². The summed E-state index contributed by atoms with van der Waals surface area (Å²) in [4.78, 5) is 41.8. The number of hydrogen-bond donors (Lipinski definition) is 3. The van der Waals surface area contributed by atoms with Crippen molar-refractivity contribution >= 4 is 58.0 Å². The highest BCUT2D eigenvalue weighted by atomic mass is 19.2. The molecule has 15 heteroatoms. The van der Waals surface area contributed by atoms with Crippen molar-refractivity contribution in [3.05, 3.63) is 221 Å². The van der Waals surface area contributed by atoms with E-state index in [-0.39, 0.29) is 68.3 Å². The minimum Gasteiger partial charge on any atom is -0.354 e. The van der Waals surface area contributed by atoms with Gasteiger partial charge in [0.2, 0.25) is 5.91 Å². The van der Waals surface area contributed by atoms with E-state index in [4.69, 9.17) is 9.97 Å². The van der Waals surface area contributed by atoms with Crippen LogP contribution in [0.5, 0.6) is 0 Å². The number of nitrogens with zero attached hydrogens (tertiary/aromatic N) is 5. The zero-order valence-corrected chi connectivity index (χ0v) is 40.4. The number of pyridine rings is 2. The molecule has 11 rings (SSSR count). The lowest BCUT2D eigenvalue weighted by atomic mass is 10.0. The Morgan fingerprint density at radius 1 is 0.421 bits per heavy atom. The second-order valence-electron chi connectivity index (χ2n) is 18.1. The summed E-state index contributed by atoms with van der Waals surface area (Å²) < 4.78 is 96.7. The average molecular weight is 1020 g/mol. The maximum absolute atomic E-state index is 16.2. The molecule has 0 spiro atoms. The molecule has 0 saturated carbocycles. The fourth-order valence-corrected chi connectivity index (χ4v) is 9.74. The first-order valence-corrected chi connectivity index (χ1v) is 24.5. The number of para-hydroxylation sites is 1. The van der Waals surface area contributed by atoms with Crippen molar-refractivity contribution in [3.8, 4) is 44.5 Å². The molecule has 0 fully saturated rings. The van der Waals surface area contributed by atoms with Gasteiger partial charge in [-0.3, -0.25) is 14.8 Å². The van der Waals surface area contributed by atoms with E-state index >= 15 is 26.3 Å². The van der Waals surface area contributed by atoms with Crippen molar-refractivity contribution in [2.45, 2.75) is 19.3 Å². The first-order chi connectivity index (χ1) is 37.1. The van der Waals surface area contributed by atoms with Crippen LogP contribution in [0.15, 0.2) is 152 Å². The third kappa shape index (κ3) is 9.95. The quantitative estimate of drug-likeness (QED) is 0.0935. The summed E-state index contributed by atoms with van der Waals surface area (Å²) in [6.45, 7) is 1.71. The lowest BCUT2D eigenvalue weighted by molar-refractivity contribution is -0.116. The zero-order valence-electron chi connectivity index (χ0n) is 40.4. The van der Waals surface area contributed by atoms with Crippen LogP contribution in [0.4, 0.5) is 32.0 Å². The Bertz CT molecular complexity index is 3780. The van der Waals surface area contributed by atoms with Crippen molar-refractivity contribution in [1.29, 1.82) is 0 Å². The van der Waals surface area contributed by atoms with Gasteiger partial charge in [0.1, 0.15) is 34.9 Å². The molecule has 0 radical (unpaired) electrons. The number of amides is 1. The van der Waals surface area contributed by atoms with E-state index in [1.54, 1.807) is 60.9 Å². The molecule has 7 heterocycles. The standard InChI is InChI=1S/C61H44F6N8O/c62-39-13-7-14-40(63)56(39)59-48-22-20-46(70-48)55(38-12-1-2-19-45(38)74-54(76)30-35-75(33-28-36-10-3-5-31-68-36)34-29-37-11-4-6-32-69-37)47-21-23-49(71-47)60(57-41(64)15-8-16-42(57)65)51-25-27-53(73-51)61(52-26-24-50(59)72-52)58-43(66)17-9-18-44(58)67/h1-27,31-32,70,73H,28-30,33-35H2,(H,74,76). The first-order valence-electron chi connectivity index (χ1n) is 24.5. The van der Waals surface area contributed by atoms with Crippen LogP contribution in [-0.2, 0) is 17.6 Å². The first kappa shape index (κ1) is 49.0. The van der Waals surface area contributed by atoms with Crippen LogP contribution in [-0.4, -0.2) is 60.3 Å². The normalized spacial score (nSPS) is 11.9. The smallest absolute Gasteiger partial charge is 0.225 e. The molecule has 2 aliphatic rings. The minimum atomic E-state index is -0.940. The molecule has 2 aliphatic heterocycles. The molecule has 3 N–H and O–H groups in total. The van der Waals surface area contributed by atoms with E-state index in [2.05, 4.69) is 30.2 Å². The van der Waals surface area contributed by atoms with E-state index in [1.165, 1.54) is 42.5 Å². The summed E-state index contributed by atoms with van der Waals surface area (Å²) >= 11 is 0. The fourth-order valence-electron chi connectivity index (χ4n) is 9.74. The van der Waals surface area contributed by atoms with Crippen molar-refractivity contribution in [2.24, 2.45) is 0 Å². The van der Waals surface area contributed by atoms with Crippen LogP contribution >= 0.6 is 0 Å². The second-order valence-corrected chi connectivity index (χ2v) is 18.1. The highest BCUT2D eigenvalue weighted by molar-refractivity contribution is 6.03. The SMILES string of the molecule is O=C(CCN(CCc1ccccn1)CCc1ccccn1)Nc1ccccc1-c1c2nc(c(-c3c(F)cccc3F)c3ccc([nH]3)c(-c3c(F)cccc3F)c3nc(c(-c4c(F)cccc4F)c4ccc1[nH]4)C=C3)C=C2. The summed E-state index contributed by atoms with van der Waals surface area (Å²) in [7, 11) is 0. The fraction of sp³-hybridized carbons (Fsp3) is 0.0984. The Morgan fingerprint density at radius 2 is 0.803 bits per heavy atom. The van der Waals surface area contributed by atoms with Gasteiger partial charge in [0.25, 0.3) is 0 Å². The van der Waals surface area contributed by atoms with Gasteiger partial charge < -0.3 is 20.2 Å². The van der Waals surface area contributed by atoms with Crippen molar-refractivity contribution in [1.82, 2.24) is 34.8 Å². The number of benzene rings is 4. The van der Waals surface area contributed by atoms with Crippen LogP contribution in [0.25, 0.3) is 90.9 Å². The van der Waals surface area contributed by atoms with Gasteiger partial charge in [-0.05, 0) is 115 Å². The van der Waals surface area contributed by atoms with Crippen LogP contribution in [0.2, 0.25) is 0 Å². The molecule has 1 amide bonds. The molecular formula is C61H44F6N8O.